The van der Waals surface area contributed by atoms with E-state index >= 15 is 0 Å². The average Bonchev–Trinajstić information content (AvgIpc) is 2.25. The summed E-state index contributed by atoms with van der Waals surface area (Å²) in [5, 5.41) is 10.8. The normalized spacial score (nSPS) is 11.4. The number of anilines is 1. The number of rotatable bonds is 5. The van der Waals surface area contributed by atoms with Gasteiger partial charge in [0.15, 0.2) is 4.90 Å². The van der Waals surface area contributed by atoms with Crippen molar-refractivity contribution < 1.29 is 13.3 Å². The molecule has 0 heterocycles. The van der Waals surface area contributed by atoms with Crippen molar-refractivity contribution in [2.45, 2.75) is 18.2 Å². The van der Waals surface area contributed by atoms with Crippen molar-refractivity contribution in [2.24, 2.45) is 0 Å². The van der Waals surface area contributed by atoms with E-state index in [2.05, 4.69) is 4.72 Å². The number of nitrogen functional groups attached to an aromatic ring is 1. The summed E-state index contributed by atoms with van der Waals surface area (Å²) in [6.45, 7) is 2.00. The van der Waals surface area contributed by atoms with Crippen LogP contribution in [0.15, 0.2) is 23.1 Å². The number of nitro benzene ring substituents is 1. The minimum absolute atomic E-state index is 0.172. The van der Waals surface area contributed by atoms with Crippen LogP contribution in [0.5, 0.6) is 0 Å². The van der Waals surface area contributed by atoms with Gasteiger partial charge in [0.2, 0.25) is 10.0 Å². The number of para-hydroxylation sites is 1. The van der Waals surface area contributed by atoms with Crippen LogP contribution in [0.25, 0.3) is 0 Å². The third-order valence-electron chi connectivity index (χ3n) is 2.04. The van der Waals surface area contributed by atoms with E-state index in [1.807, 2.05) is 0 Å². The summed E-state index contributed by atoms with van der Waals surface area (Å²) in [6, 6.07) is 3.81. The molecular weight excluding hydrogens is 246 g/mol. The Labute approximate surface area is 98.8 Å². The van der Waals surface area contributed by atoms with Crippen LogP contribution in [-0.2, 0) is 10.0 Å². The molecule has 0 spiro atoms. The number of benzene rings is 1. The molecule has 94 valence electrons. The number of nitrogens with one attached hydrogen (secondary N) is 1. The quantitative estimate of drug-likeness (QED) is 0.462. The predicted molar refractivity (Wildman–Crippen MR) is 63.0 cm³/mol. The Balaban J connectivity index is 3.31. The largest absolute Gasteiger partial charge is 0.393 e. The van der Waals surface area contributed by atoms with Gasteiger partial charge in [0.25, 0.3) is 0 Å². The highest BCUT2D eigenvalue weighted by atomic mass is 32.2. The van der Waals surface area contributed by atoms with Crippen LogP contribution in [0.3, 0.4) is 0 Å². The zero-order chi connectivity index (χ0) is 13.1. The van der Waals surface area contributed by atoms with Gasteiger partial charge in [-0.15, -0.1) is 0 Å². The Morgan fingerprint density at radius 2 is 2.12 bits per heavy atom. The first-order valence-corrected chi connectivity index (χ1v) is 6.41. The first-order chi connectivity index (χ1) is 7.90. The number of nitrogens with two attached hydrogens (primary N) is 1. The number of hydrogen-bond acceptors (Lipinski definition) is 5. The van der Waals surface area contributed by atoms with Crippen molar-refractivity contribution in [1.82, 2.24) is 4.72 Å². The summed E-state index contributed by atoms with van der Waals surface area (Å²) in [5.74, 6) is 0. The van der Waals surface area contributed by atoms with Crippen LogP contribution in [0.4, 0.5) is 11.4 Å². The second kappa shape index (κ2) is 5.11. The molecule has 0 aliphatic rings. The lowest BCUT2D eigenvalue weighted by Crippen LogP contribution is -2.25. The molecule has 0 bridgehead atoms. The lowest BCUT2D eigenvalue weighted by molar-refractivity contribution is -0.386. The topological polar surface area (TPSA) is 115 Å². The number of nitrogens with zero attached hydrogens (tertiary/aromatic N) is 1. The molecular formula is C9H13N3O4S. The van der Waals surface area contributed by atoms with Crippen LogP contribution in [0, 0.1) is 10.1 Å². The maximum atomic E-state index is 11.8. The van der Waals surface area contributed by atoms with Crippen molar-refractivity contribution in [2.75, 3.05) is 12.3 Å². The van der Waals surface area contributed by atoms with E-state index in [1.165, 1.54) is 12.1 Å². The fraction of sp³-hybridized carbons (Fsp3) is 0.333. The molecule has 1 rings (SSSR count). The lowest BCUT2D eigenvalue weighted by atomic mass is 10.3. The third-order valence-corrected chi connectivity index (χ3v) is 3.54. The van der Waals surface area contributed by atoms with E-state index in [-0.39, 0.29) is 12.2 Å². The molecule has 0 atom stereocenters. The van der Waals surface area contributed by atoms with Gasteiger partial charge in [0, 0.05) is 6.54 Å². The average molecular weight is 259 g/mol. The zero-order valence-electron chi connectivity index (χ0n) is 9.21. The molecule has 3 N–H and O–H groups in total. The van der Waals surface area contributed by atoms with Crippen LogP contribution >= 0.6 is 0 Å². The highest BCUT2D eigenvalue weighted by molar-refractivity contribution is 7.89. The van der Waals surface area contributed by atoms with Gasteiger partial charge in [-0.05, 0) is 18.6 Å². The Bertz CT molecular complexity index is 527. The first kappa shape index (κ1) is 13.4. The molecule has 1 aromatic carbocycles. The predicted octanol–water partition coefficient (Wildman–Crippen LogP) is 0.865. The summed E-state index contributed by atoms with van der Waals surface area (Å²) >= 11 is 0. The fourth-order valence-electron chi connectivity index (χ4n) is 1.27. The van der Waals surface area contributed by atoms with Gasteiger partial charge in [-0.25, -0.2) is 13.1 Å². The van der Waals surface area contributed by atoms with Crippen LogP contribution in [0.1, 0.15) is 13.3 Å². The van der Waals surface area contributed by atoms with E-state index in [0.717, 1.165) is 6.07 Å². The SMILES string of the molecule is CCCNS(=O)(=O)c1cccc(N)c1[N+](=O)[O-]. The van der Waals surface area contributed by atoms with Gasteiger partial charge in [-0.3, -0.25) is 10.1 Å². The van der Waals surface area contributed by atoms with Gasteiger partial charge in [-0.1, -0.05) is 13.0 Å². The highest BCUT2D eigenvalue weighted by Gasteiger charge is 2.27. The molecule has 0 unspecified atom stereocenters. The fourth-order valence-corrected chi connectivity index (χ4v) is 2.60. The second-order valence-corrected chi connectivity index (χ2v) is 5.08. The van der Waals surface area contributed by atoms with Gasteiger partial charge in [0.1, 0.15) is 5.69 Å². The minimum Gasteiger partial charge on any atom is -0.393 e. The van der Waals surface area contributed by atoms with Crippen molar-refractivity contribution in [1.29, 1.82) is 0 Å². The van der Waals surface area contributed by atoms with E-state index in [4.69, 9.17) is 5.73 Å². The van der Waals surface area contributed by atoms with E-state index in [1.54, 1.807) is 6.92 Å². The Morgan fingerprint density at radius 1 is 1.47 bits per heavy atom. The number of sulfonamides is 1. The molecule has 0 aromatic heterocycles. The monoisotopic (exact) mass is 259 g/mol. The van der Waals surface area contributed by atoms with Crippen molar-refractivity contribution in [3.05, 3.63) is 28.3 Å². The number of nitro groups is 1. The summed E-state index contributed by atoms with van der Waals surface area (Å²) < 4.78 is 25.9. The van der Waals surface area contributed by atoms with Crippen LogP contribution in [-0.4, -0.2) is 19.9 Å². The molecule has 0 amide bonds. The van der Waals surface area contributed by atoms with E-state index in [9.17, 15) is 18.5 Å². The van der Waals surface area contributed by atoms with Crippen molar-refractivity contribution >= 4 is 21.4 Å². The Hall–Kier alpha value is -1.67. The summed E-state index contributed by atoms with van der Waals surface area (Å²) in [5.41, 5.74) is 4.65. The minimum atomic E-state index is -3.89. The summed E-state index contributed by atoms with van der Waals surface area (Å²) in [4.78, 5) is 9.59. The van der Waals surface area contributed by atoms with Crippen molar-refractivity contribution in [3.63, 3.8) is 0 Å². The standard InChI is InChI=1S/C9H13N3O4S/c1-2-6-11-17(15,16)8-5-3-4-7(10)9(8)12(13)14/h3-5,11H,2,6,10H2,1H3. The maximum absolute atomic E-state index is 11.8. The van der Waals surface area contributed by atoms with E-state index < -0.39 is 25.5 Å². The van der Waals surface area contributed by atoms with Gasteiger partial charge in [0.05, 0.1) is 4.92 Å². The second-order valence-electron chi connectivity index (χ2n) is 3.35. The first-order valence-electron chi connectivity index (χ1n) is 4.92. The molecule has 17 heavy (non-hydrogen) atoms. The van der Waals surface area contributed by atoms with Gasteiger partial charge < -0.3 is 5.73 Å². The molecule has 1 aromatic rings. The Kier molecular flexibility index (Phi) is 4.02. The van der Waals surface area contributed by atoms with Gasteiger partial charge >= 0.3 is 5.69 Å². The van der Waals surface area contributed by atoms with E-state index in [0.29, 0.717) is 6.42 Å². The van der Waals surface area contributed by atoms with Crippen LogP contribution < -0.4 is 10.5 Å². The highest BCUT2D eigenvalue weighted by Crippen LogP contribution is 2.29. The molecule has 0 fully saturated rings. The maximum Gasteiger partial charge on any atom is 0.312 e. The van der Waals surface area contributed by atoms with Gasteiger partial charge in [-0.2, -0.15) is 0 Å². The Morgan fingerprint density at radius 3 is 2.65 bits per heavy atom. The summed E-state index contributed by atoms with van der Waals surface area (Å²) in [7, 11) is -3.89. The molecule has 0 aliphatic heterocycles. The number of hydrogen-bond donors (Lipinski definition) is 2. The molecule has 7 nitrogen and oxygen atoms in total. The molecule has 0 saturated carbocycles. The molecule has 0 aliphatic carbocycles. The lowest BCUT2D eigenvalue weighted by Gasteiger charge is -2.07. The zero-order valence-corrected chi connectivity index (χ0v) is 10.0. The molecule has 0 saturated heterocycles. The smallest absolute Gasteiger partial charge is 0.312 e. The molecule has 8 heteroatoms. The van der Waals surface area contributed by atoms with Crippen LogP contribution in [0.2, 0.25) is 0 Å². The molecule has 0 radical (unpaired) electrons. The third kappa shape index (κ3) is 2.92. The summed E-state index contributed by atoms with van der Waals surface area (Å²) in [6.07, 6.45) is 0.593. The van der Waals surface area contributed by atoms with Crippen molar-refractivity contribution in [3.8, 4) is 0 Å².